The van der Waals surface area contributed by atoms with Gasteiger partial charge in [-0.1, -0.05) is 13.0 Å². The molecule has 3 aromatic heterocycles. The van der Waals surface area contributed by atoms with E-state index in [4.69, 9.17) is 9.97 Å². The molecule has 0 saturated carbocycles. The number of fused-ring (bicyclic) bond motifs is 8. The zero-order valence-corrected chi connectivity index (χ0v) is 18.4. The van der Waals surface area contributed by atoms with Crippen LogP contribution in [-0.4, -0.2) is 26.2 Å². The number of nitrogens with one attached hydrogen (secondary N) is 2. The Labute approximate surface area is 196 Å². The van der Waals surface area contributed by atoms with E-state index in [0.29, 0.717) is 0 Å². The average Bonchev–Trinajstić information content (AvgIpc) is 3.53. The molecule has 0 saturated heterocycles. The fraction of sp³-hybridized carbons (Fsp3) is 0.115. The van der Waals surface area contributed by atoms with Crippen LogP contribution in [0.15, 0.2) is 59.7 Å². The summed E-state index contributed by atoms with van der Waals surface area (Å²) in [6.07, 6.45) is 15.1. The van der Waals surface area contributed by atoms with Gasteiger partial charge in [-0.15, -0.1) is 0 Å². The number of hydrogen-bond acceptors (Lipinski definition) is 3. The Bertz CT molecular complexity index is 1480. The van der Waals surface area contributed by atoms with Crippen LogP contribution in [0.2, 0.25) is 0 Å². The van der Waals surface area contributed by atoms with E-state index >= 15 is 0 Å². The van der Waals surface area contributed by atoms with Gasteiger partial charge in [0.1, 0.15) is 0 Å². The summed E-state index contributed by atoms with van der Waals surface area (Å²) in [5.74, 6) is 0. The van der Waals surface area contributed by atoms with Crippen molar-refractivity contribution in [1.29, 1.82) is 0 Å². The molecule has 0 aliphatic carbocycles. The first kappa shape index (κ1) is 20.4. The molecular weight excluding hydrogens is 446 g/mol. The van der Waals surface area contributed by atoms with E-state index in [-0.39, 0.29) is 22.5 Å². The Hall–Kier alpha value is -3.47. The van der Waals surface area contributed by atoms with Crippen LogP contribution in [-0.2, 0) is 22.5 Å². The quantitative estimate of drug-likeness (QED) is 0.302. The van der Waals surface area contributed by atoms with Gasteiger partial charge in [-0.05, 0) is 78.8 Å². The van der Waals surface area contributed by atoms with E-state index in [1.807, 2.05) is 30.6 Å². The minimum Gasteiger partial charge on any atom is -0.355 e. The molecule has 5 nitrogen and oxygen atoms in total. The maximum atomic E-state index is 4.80. The maximum absolute atomic E-state index is 4.80. The smallest absolute Gasteiger partial charge is 0.0658 e. The van der Waals surface area contributed by atoms with Crippen LogP contribution in [0, 0.1) is 0 Å². The fourth-order valence-corrected chi connectivity index (χ4v) is 4.27. The predicted molar refractivity (Wildman–Crippen MR) is 128 cm³/mol. The van der Waals surface area contributed by atoms with Crippen molar-refractivity contribution in [2.45, 2.75) is 18.8 Å². The molecule has 1 radical (unpaired) electrons. The molecule has 6 heteroatoms. The number of nitrogens with zero attached hydrogens (tertiary/aromatic N) is 3. The summed E-state index contributed by atoms with van der Waals surface area (Å²) in [6, 6.07) is 14.7. The Morgan fingerprint density at radius 2 is 1.34 bits per heavy atom. The summed E-state index contributed by atoms with van der Waals surface area (Å²) < 4.78 is 0. The van der Waals surface area contributed by atoms with Gasteiger partial charge in [0.2, 0.25) is 0 Å². The molecule has 6 rings (SSSR count). The van der Waals surface area contributed by atoms with Crippen LogP contribution in [0.3, 0.4) is 0 Å². The van der Waals surface area contributed by atoms with Crippen molar-refractivity contribution < 1.29 is 17.1 Å². The van der Waals surface area contributed by atoms with Gasteiger partial charge in [0.15, 0.2) is 0 Å². The number of aromatic nitrogens is 4. The molecule has 0 amide bonds. The van der Waals surface area contributed by atoms with Crippen molar-refractivity contribution in [1.82, 2.24) is 19.9 Å². The molecule has 0 aromatic carbocycles. The molecule has 6 heterocycles. The van der Waals surface area contributed by atoms with Crippen LogP contribution in [0.1, 0.15) is 41.7 Å². The van der Waals surface area contributed by atoms with Gasteiger partial charge >= 0.3 is 0 Å². The van der Waals surface area contributed by atoms with E-state index in [1.54, 1.807) is 0 Å². The first-order chi connectivity index (χ1) is 15.1. The summed E-state index contributed by atoms with van der Waals surface area (Å²) >= 11 is 0. The second-order valence-corrected chi connectivity index (χ2v) is 8.36. The molecule has 3 aliphatic rings. The van der Waals surface area contributed by atoms with Crippen molar-refractivity contribution in [2.24, 2.45) is 4.99 Å². The van der Waals surface area contributed by atoms with E-state index in [2.05, 4.69) is 76.5 Å². The second-order valence-electron chi connectivity index (χ2n) is 8.36. The number of aliphatic imine (C=N–C) groups is 1. The fourth-order valence-electron chi connectivity index (χ4n) is 4.27. The summed E-state index contributed by atoms with van der Waals surface area (Å²) in [5, 5.41) is 0. The summed E-state index contributed by atoms with van der Waals surface area (Å²) in [4.78, 5) is 20.8. The Morgan fingerprint density at radius 3 is 1.94 bits per heavy atom. The molecule has 0 fully saturated rings. The van der Waals surface area contributed by atoms with Gasteiger partial charge in [-0.3, -0.25) is 4.99 Å². The summed E-state index contributed by atoms with van der Waals surface area (Å²) in [5.41, 5.74) is 8.93. The zero-order valence-electron chi connectivity index (χ0n) is 17.4. The summed E-state index contributed by atoms with van der Waals surface area (Å²) in [7, 11) is 0. The van der Waals surface area contributed by atoms with Crippen molar-refractivity contribution in [3.63, 3.8) is 0 Å². The van der Waals surface area contributed by atoms with Crippen molar-refractivity contribution >= 4 is 52.6 Å². The molecule has 3 aromatic rings. The van der Waals surface area contributed by atoms with Gasteiger partial charge < -0.3 is 9.97 Å². The second kappa shape index (κ2) is 7.90. The number of hydrogen-bond donors (Lipinski definition) is 2. The van der Waals surface area contributed by atoms with E-state index < -0.39 is 0 Å². The normalized spacial score (nSPS) is 18.7. The molecule has 1 atom stereocenters. The molecule has 3 aliphatic heterocycles. The van der Waals surface area contributed by atoms with Gasteiger partial charge in [0.05, 0.1) is 22.8 Å². The molecule has 8 bridgehead atoms. The van der Waals surface area contributed by atoms with Crippen molar-refractivity contribution in [3.05, 3.63) is 83.1 Å². The minimum atomic E-state index is -0.126. The third-order valence-corrected chi connectivity index (χ3v) is 5.93. The topological polar surface area (TPSA) is 69.7 Å². The van der Waals surface area contributed by atoms with Gasteiger partial charge in [0.25, 0.3) is 0 Å². The van der Waals surface area contributed by atoms with Gasteiger partial charge in [0, 0.05) is 57.0 Å². The van der Waals surface area contributed by atoms with Crippen molar-refractivity contribution in [3.8, 4) is 0 Å². The average molecular weight is 467 g/mol. The van der Waals surface area contributed by atoms with Crippen LogP contribution in [0.5, 0.6) is 0 Å². The zero-order chi connectivity index (χ0) is 20.8. The molecular formula is C26H21CuN5. The number of H-pyrrole nitrogens is 2. The molecule has 1 unspecified atom stereocenters. The third kappa shape index (κ3) is 3.79. The Morgan fingerprint density at radius 1 is 0.750 bits per heavy atom. The molecule has 32 heavy (non-hydrogen) atoms. The Kier molecular flexibility index (Phi) is 5.04. The molecule has 161 valence electrons. The number of rotatable bonds is 1. The van der Waals surface area contributed by atoms with E-state index in [9.17, 15) is 0 Å². The van der Waals surface area contributed by atoms with Crippen LogP contribution in [0.4, 0.5) is 0 Å². The number of allylic oxidation sites excluding steroid dienone is 1. The van der Waals surface area contributed by atoms with Crippen LogP contribution >= 0.6 is 0 Å². The third-order valence-electron chi connectivity index (χ3n) is 5.93. The predicted octanol–water partition coefficient (Wildman–Crippen LogP) is 5.90. The van der Waals surface area contributed by atoms with E-state index in [1.165, 1.54) is 5.56 Å². The summed E-state index contributed by atoms with van der Waals surface area (Å²) in [6.45, 7) is 2.25. The van der Waals surface area contributed by atoms with Crippen LogP contribution in [0.25, 0.3) is 46.4 Å². The largest absolute Gasteiger partial charge is 0.355 e. The first-order valence-electron chi connectivity index (χ1n) is 10.4. The standard InChI is InChI=1S/C26H21N5.Cu/c1-26(8-10-27-11-9-26)24-15-23-14-21-5-4-19(29-21)12-17-2-3-18(28-17)13-20-6-7-22(30-20)16-25(24)31-23;/h2-8,10-16,28,31H,9H2,1H3;. The van der Waals surface area contributed by atoms with E-state index in [0.717, 1.165) is 51.3 Å². The molecule has 2 N–H and O–H groups in total. The molecule has 0 spiro atoms. The monoisotopic (exact) mass is 466 g/mol. The van der Waals surface area contributed by atoms with Crippen molar-refractivity contribution in [2.75, 3.05) is 0 Å². The minimum absolute atomic E-state index is 0. The Balaban J connectivity index is 0.00000216. The first-order valence-corrected chi connectivity index (χ1v) is 10.4. The maximum Gasteiger partial charge on any atom is 0.0658 e. The number of aromatic amines is 2. The SMILES string of the molecule is CC1(c2cc3cc4nc(cc5ccc(cc6nc(cc2[nH]3)C=C6)[nH]5)C=C4)C=CN=CC1.[Cu]. The van der Waals surface area contributed by atoms with Gasteiger partial charge in [-0.2, -0.15) is 0 Å². The van der Waals surface area contributed by atoms with Crippen LogP contribution < -0.4 is 0 Å². The van der Waals surface area contributed by atoms with Gasteiger partial charge in [-0.25, -0.2) is 9.97 Å².